The highest BCUT2D eigenvalue weighted by atomic mass is 32.2. The summed E-state index contributed by atoms with van der Waals surface area (Å²) in [6, 6.07) is 10.2. The van der Waals surface area contributed by atoms with Crippen LogP contribution in [0.15, 0.2) is 53.4 Å². The number of sulfonamides is 1. The largest absolute Gasteiger partial charge is 0.349 e. The summed E-state index contributed by atoms with van der Waals surface area (Å²) in [5.41, 5.74) is 0.765. The normalized spacial score (nSPS) is 19.2. The van der Waals surface area contributed by atoms with Crippen molar-refractivity contribution in [1.29, 1.82) is 0 Å². The molecule has 0 aromatic heterocycles. The molecule has 1 saturated heterocycles. The number of piperidine rings is 1. The third-order valence-corrected chi connectivity index (χ3v) is 6.81. The van der Waals surface area contributed by atoms with Crippen molar-refractivity contribution in [3.05, 3.63) is 65.7 Å². The molecular weight excluding hydrogens is 386 g/mol. The van der Waals surface area contributed by atoms with Gasteiger partial charge in [-0.25, -0.2) is 17.2 Å². The summed E-state index contributed by atoms with van der Waals surface area (Å²) in [5, 5.41) is 2.87. The van der Waals surface area contributed by atoms with Crippen LogP contribution in [0, 0.1) is 17.6 Å². The van der Waals surface area contributed by atoms with Gasteiger partial charge in [0.1, 0.15) is 11.6 Å². The fourth-order valence-electron chi connectivity index (χ4n) is 3.30. The summed E-state index contributed by atoms with van der Waals surface area (Å²) in [5.74, 6) is -1.58. The number of hydrogen-bond donors (Lipinski definition) is 1. The average molecular weight is 408 g/mol. The van der Waals surface area contributed by atoms with Gasteiger partial charge in [0.25, 0.3) is 0 Å². The molecule has 1 amide bonds. The van der Waals surface area contributed by atoms with Gasteiger partial charge in [0, 0.05) is 13.1 Å². The summed E-state index contributed by atoms with van der Waals surface area (Å²) < 4.78 is 53.0. The summed E-state index contributed by atoms with van der Waals surface area (Å²) in [7, 11) is -3.79. The Morgan fingerprint density at radius 1 is 1.07 bits per heavy atom. The highest BCUT2D eigenvalue weighted by Gasteiger charge is 2.33. The maximum atomic E-state index is 13.1. The molecule has 1 fully saturated rings. The van der Waals surface area contributed by atoms with Gasteiger partial charge in [0.15, 0.2) is 0 Å². The van der Waals surface area contributed by atoms with Gasteiger partial charge in [-0.2, -0.15) is 4.31 Å². The van der Waals surface area contributed by atoms with Crippen molar-refractivity contribution in [2.75, 3.05) is 13.1 Å². The van der Waals surface area contributed by atoms with E-state index in [0.717, 1.165) is 17.7 Å². The predicted molar refractivity (Wildman–Crippen MR) is 101 cm³/mol. The molecule has 2 atom stereocenters. The number of halogens is 2. The molecule has 1 aliphatic rings. The minimum Gasteiger partial charge on any atom is -0.349 e. The van der Waals surface area contributed by atoms with Gasteiger partial charge >= 0.3 is 0 Å². The first kappa shape index (κ1) is 20.4. The molecular formula is C20H22F2N2O3S. The van der Waals surface area contributed by atoms with Gasteiger partial charge in [-0.15, -0.1) is 0 Å². The predicted octanol–water partition coefficient (Wildman–Crippen LogP) is 3.24. The minimum atomic E-state index is -3.79. The Bertz CT molecular complexity index is 931. The Morgan fingerprint density at radius 2 is 1.64 bits per heavy atom. The van der Waals surface area contributed by atoms with Crippen molar-refractivity contribution < 1.29 is 22.0 Å². The lowest BCUT2D eigenvalue weighted by molar-refractivity contribution is -0.126. The number of amides is 1. The number of carbonyl (C=O) groups is 1. The minimum absolute atomic E-state index is 0.00892. The van der Waals surface area contributed by atoms with Crippen LogP contribution in [0.5, 0.6) is 0 Å². The maximum absolute atomic E-state index is 13.1. The molecule has 1 heterocycles. The molecule has 0 aliphatic carbocycles. The maximum Gasteiger partial charge on any atom is 0.243 e. The first-order valence-electron chi connectivity index (χ1n) is 9.09. The number of nitrogens with zero attached hydrogens (tertiary/aromatic N) is 1. The van der Waals surface area contributed by atoms with E-state index >= 15 is 0 Å². The van der Waals surface area contributed by atoms with Crippen LogP contribution in [0.2, 0.25) is 0 Å². The molecule has 3 rings (SSSR count). The van der Waals surface area contributed by atoms with Crippen LogP contribution in [0.3, 0.4) is 0 Å². The summed E-state index contributed by atoms with van der Waals surface area (Å²) >= 11 is 0. The number of benzene rings is 2. The lowest BCUT2D eigenvalue weighted by atomic mass is 9.98. The Morgan fingerprint density at radius 3 is 2.25 bits per heavy atom. The van der Waals surface area contributed by atoms with Gasteiger partial charge in [0.05, 0.1) is 16.9 Å². The second-order valence-corrected chi connectivity index (χ2v) is 8.88. The zero-order valence-corrected chi connectivity index (χ0v) is 16.3. The molecule has 0 bridgehead atoms. The molecule has 0 radical (unpaired) electrons. The van der Waals surface area contributed by atoms with Crippen LogP contribution in [0.4, 0.5) is 8.78 Å². The Balaban J connectivity index is 1.67. The van der Waals surface area contributed by atoms with Crippen molar-refractivity contribution >= 4 is 15.9 Å². The highest BCUT2D eigenvalue weighted by Crippen LogP contribution is 2.25. The highest BCUT2D eigenvalue weighted by molar-refractivity contribution is 7.89. The van der Waals surface area contributed by atoms with Crippen molar-refractivity contribution in [1.82, 2.24) is 9.62 Å². The third kappa shape index (κ3) is 4.56. The fourth-order valence-corrected chi connectivity index (χ4v) is 4.82. The van der Waals surface area contributed by atoms with Gasteiger partial charge in [0.2, 0.25) is 15.9 Å². The molecule has 2 aromatic rings. The van der Waals surface area contributed by atoms with E-state index in [1.807, 2.05) is 0 Å². The second kappa shape index (κ2) is 8.36. The van der Waals surface area contributed by atoms with Crippen LogP contribution < -0.4 is 5.32 Å². The first-order valence-corrected chi connectivity index (χ1v) is 10.5. The van der Waals surface area contributed by atoms with Crippen LogP contribution in [0.1, 0.15) is 31.4 Å². The van der Waals surface area contributed by atoms with E-state index in [1.165, 1.54) is 28.6 Å². The van der Waals surface area contributed by atoms with Crippen molar-refractivity contribution in [3.8, 4) is 0 Å². The molecule has 2 aromatic carbocycles. The van der Waals surface area contributed by atoms with E-state index in [2.05, 4.69) is 5.32 Å². The average Bonchev–Trinajstić information content (AvgIpc) is 2.69. The van der Waals surface area contributed by atoms with E-state index in [-0.39, 0.29) is 29.2 Å². The third-order valence-electron chi connectivity index (χ3n) is 4.94. The molecule has 0 saturated carbocycles. The summed E-state index contributed by atoms with van der Waals surface area (Å²) in [6.07, 6.45) is 1.14. The summed E-state index contributed by atoms with van der Waals surface area (Å²) in [6.45, 7) is 2.18. The molecule has 5 nitrogen and oxygen atoms in total. The topological polar surface area (TPSA) is 66.5 Å². The number of nitrogens with one attached hydrogen (secondary N) is 1. The smallest absolute Gasteiger partial charge is 0.243 e. The second-order valence-electron chi connectivity index (χ2n) is 6.94. The van der Waals surface area contributed by atoms with E-state index < -0.39 is 21.8 Å². The van der Waals surface area contributed by atoms with Crippen LogP contribution in [0.25, 0.3) is 0 Å². The number of rotatable bonds is 5. The summed E-state index contributed by atoms with van der Waals surface area (Å²) in [4.78, 5) is 12.7. The van der Waals surface area contributed by atoms with E-state index in [9.17, 15) is 22.0 Å². The van der Waals surface area contributed by atoms with Crippen molar-refractivity contribution in [3.63, 3.8) is 0 Å². The van der Waals surface area contributed by atoms with Gasteiger partial charge in [-0.05, 0) is 61.7 Å². The van der Waals surface area contributed by atoms with Crippen LogP contribution >= 0.6 is 0 Å². The lowest BCUT2D eigenvalue weighted by Gasteiger charge is -2.32. The molecule has 28 heavy (non-hydrogen) atoms. The van der Waals surface area contributed by atoms with E-state index in [0.29, 0.717) is 19.4 Å². The Hall–Kier alpha value is -2.32. The SMILES string of the molecule is C[C@H](NC(=O)[C@@H]1CCCN(S(=O)(=O)c2ccc(F)cc2)C1)c1ccc(F)cc1. The van der Waals surface area contributed by atoms with Gasteiger partial charge < -0.3 is 5.32 Å². The van der Waals surface area contributed by atoms with E-state index in [1.54, 1.807) is 19.1 Å². The Labute approximate surface area is 163 Å². The fraction of sp³-hybridized carbons (Fsp3) is 0.350. The zero-order chi connectivity index (χ0) is 20.3. The molecule has 0 spiro atoms. The lowest BCUT2D eigenvalue weighted by Crippen LogP contribution is -2.45. The number of carbonyl (C=O) groups excluding carboxylic acids is 1. The standard InChI is InChI=1S/C20H22F2N2O3S/c1-14(15-4-6-17(21)7-5-15)23-20(25)16-3-2-12-24(13-16)28(26,27)19-10-8-18(22)9-11-19/h4-11,14,16H,2-3,12-13H2,1H3,(H,23,25)/t14-,16+/m0/s1. The molecule has 0 unspecified atom stereocenters. The van der Waals surface area contributed by atoms with Gasteiger partial charge in [-0.1, -0.05) is 12.1 Å². The Kier molecular flexibility index (Phi) is 6.10. The zero-order valence-electron chi connectivity index (χ0n) is 15.4. The molecule has 1 aliphatic heterocycles. The quantitative estimate of drug-likeness (QED) is 0.826. The van der Waals surface area contributed by atoms with E-state index in [4.69, 9.17) is 0 Å². The number of hydrogen-bond acceptors (Lipinski definition) is 3. The van der Waals surface area contributed by atoms with Gasteiger partial charge in [-0.3, -0.25) is 4.79 Å². The van der Waals surface area contributed by atoms with Crippen molar-refractivity contribution in [2.45, 2.75) is 30.7 Å². The monoisotopic (exact) mass is 408 g/mol. The first-order chi connectivity index (χ1) is 13.3. The van der Waals surface area contributed by atoms with Crippen LogP contribution in [-0.4, -0.2) is 31.7 Å². The van der Waals surface area contributed by atoms with Crippen LogP contribution in [-0.2, 0) is 14.8 Å². The molecule has 150 valence electrons. The molecule has 8 heteroatoms. The van der Waals surface area contributed by atoms with Crippen molar-refractivity contribution in [2.24, 2.45) is 5.92 Å². The molecule has 1 N–H and O–H groups in total.